The molecule has 0 fully saturated rings. The van der Waals surface area contributed by atoms with E-state index < -0.39 is 0 Å². The third-order valence-electron chi connectivity index (χ3n) is 4.65. The molecule has 0 N–H and O–H groups in total. The second-order valence-corrected chi connectivity index (χ2v) is 6.37. The van der Waals surface area contributed by atoms with Gasteiger partial charge in [-0.15, -0.1) is 54.4 Å². The summed E-state index contributed by atoms with van der Waals surface area (Å²) in [7, 11) is 0. The third kappa shape index (κ3) is 5.28. The van der Waals surface area contributed by atoms with E-state index in [-0.39, 0.29) is 50.7 Å². The van der Waals surface area contributed by atoms with Crippen molar-refractivity contribution in [2.75, 3.05) is 0 Å². The summed E-state index contributed by atoms with van der Waals surface area (Å²) >= 11 is 0. The number of hydrogen-bond donors (Lipinski definition) is 0. The first-order chi connectivity index (χ1) is 12.2. The zero-order valence-electron chi connectivity index (χ0n) is 15.8. The van der Waals surface area contributed by atoms with Gasteiger partial charge >= 0.3 is 25.8 Å². The Balaban J connectivity index is 0.000000341. The Labute approximate surface area is 197 Å². The Hall–Kier alpha value is -1.55. The van der Waals surface area contributed by atoms with E-state index in [0.29, 0.717) is 0 Å². The van der Waals surface area contributed by atoms with E-state index in [4.69, 9.17) is 0 Å². The minimum absolute atomic E-state index is 0. The van der Waals surface area contributed by atoms with Crippen molar-refractivity contribution < 1.29 is 50.7 Å². The van der Waals surface area contributed by atoms with Crippen LogP contribution in [-0.4, -0.2) is 9.78 Å². The van der Waals surface area contributed by atoms with Crippen molar-refractivity contribution in [1.82, 2.24) is 9.78 Å². The standard InChI is InChI=1S/C16H11N2.C7H9.2ClH.Hf/c1-2-6-13-10-15(9-12(13)5-1)18-11-14-7-3-4-8-16(14)17-18;1-6-4-3-5-7(6)2;;;/h1-11H;4H,3H2,1-2H3;2*1H;/q2*-1;;;+4/p-2. The molecule has 0 atom stereocenters. The van der Waals surface area contributed by atoms with Gasteiger partial charge in [0.1, 0.15) is 0 Å². The Morgan fingerprint density at radius 1 is 0.964 bits per heavy atom. The first-order valence-corrected chi connectivity index (χ1v) is 8.55. The summed E-state index contributed by atoms with van der Waals surface area (Å²) in [5, 5.41) is 8.28. The van der Waals surface area contributed by atoms with Crippen LogP contribution >= 0.6 is 0 Å². The topological polar surface area (TPSA) is 17.8 Å². The summed E-state index contributed by atoms with van der Waals surface area (Å²) in [5.74, 6) is 0. The fraction of sp³-hybridized carbons (Fsp3) is 0.130. The van der Waals surface area contributed by atoms with Gasteiger partial charge in [0.15, 0.2) is 0 Å². The van der Waals surface area contributed by atoms with Crippen molar-refractivity contribution in [3.05, 3.63) is 90.2 Å². The molecule has 0 saturated carbocycles. The third-order valence-corrected chi connectivity index (χ3v) is 4.65. The average molecular weight is 574 g/mol. The minimum Gasteiger partial charge on any atom is -1.00 e. The summed E-state index contributed by atoms with van der Waals surface area (Å²) in [6.07, 6.45) is 8.48. The molecule has 5 heteroatoms. The summed E-state index contributed by atoms with van der Waals surface area (Å²) in [5.41, 5.74) is 4.86. The van der Waals surface area contributed by atoms with E-state index >= 15 is 0 Å². The number of rotatable bonds is 1. The molecule has 1 heterocycles. The molecule has 3 aromatic carbocycles. The molecule has 1 aliphatic carbocycles. The smallest absolute Gasteiger partial charge is 1.00 e. The number of halogens is 2. The molecule has 28 heavy (non-hydrogen) atoms. The van der Waals surface area contributed by atoms with E-state index in [0.717, 1.165) is 17.6 Å². The number of allylic oxidation sites excluding steroid dienone is 4. The van der Waals surface area contributed by atoms with Crippen LogP contribution in [0.4, 0.5) is 0 Å². The number of nitrogens with zero attached hydrogens (tertiary/aromatic N) is 2. The molecule has 140 valence electrons. The predicted octanol–water partition coefficient (Wildman–Crippen LogP) is -0.0110. The van der Waals surface area contributed by atoms with Crippen LogP contribution in [0.15, 0.2) is 84.1 Å². The van der Waals surface area contributed by atoms with Gasteiger partial charge in [-0.3, -0.25) is 10.8 Å². The molecular weight excluding hydrogens is 554 g/mol. The van der Waals surface area contributed by atoms with Crippen molar-refractivity contribution >= 4 is 21.7 Å². The molecule has 0 amide bonds. The van der Waals surface area contributed by atoms with Crippen molar-refractivity contribution in [2.45, 2.75) is 20.3 Å². The van der Waals surface area contributed by atoms with Gasteiger partial charge in [0.2, 0.25) is 0 Å². The van der Waals surface area contributed by atoms with Crippen molar-refractivity contribution in [3.63, 3.8) is 0 Å². The predicted molar refractivity (Wildman–Crippen MR) is 105 cm³/mol. The summed E-state index contributed by atoms with van der Waals surface area (Å²) in [4.78, 5) is 0. The van der Waals surface area contributed by atoms with E-state index in [1.165, 1.54) is 27.3 Å². The zero-order chi connectivity index (χ0) is 17.2. The number of aromatic nitrogens is 2. The van der Waals surface area contributed by atoms with Gasteiger partial charge in [-0.2, -0.15) is 11.2 Å². The molecule has 5 rings (SSSR count). The second-order valence-electron chi connectivity index (χ2n) is 6.37. The first-order valence-electron chi connectivity index (χ1n) is 8.55. The molecular formula is C23H20Cl2HfN2. The maximum absolute atomic E-state index is 4.59. The first kappa shape index (κ1) is 24.5. The molecule has 0 radical (unpaired) electrons. The zero-order valence-corrected chi connectivity index (χ0v) is 20.9. The van der Waals surface area contributed by atoms with E-state index in [1.54, 1.807) is 0 Å². The van der Waals surface area contributed by atoms with Gasteiger partial charge in [0.05, 0.1) is 5.52 Å². The summed E-state index contributed by atoms with van der Waals surface area (Å²) in [6.45, 7) is 4.22. The average Bonchev–Trinajstić information content (AvgIpc) is 3.33. The fourth-order valence-electron chi connectivity index (χ4n) is 3.01. The molecule has 2 nitrogen and oxygen atoms in total. The second kappa shape index (κ2) is 10.8. The van der Waals surface area contributed by atoms with Crippen molar-refractivity contribution in [2.24, 2.45) is 0 Å². The van der Waals surface area contributed by atoms with E-state index in [2.05, 4.69) is 79.8 Å². The quantitative estimate of drug-likeness (QED) is 0.232. The van der Waals surface area contributed by atoms with Gasteiger partial charge < -0.3 is 24.8 Å². The monoisotopic (exact) mass is 574 g/mol. The molecule has 0 saturated heterocycles. The molecule has 4 aromatic rings. The van der Waals surface area contributed by atoms with Gasteiger partial charge in [-0.25, -0.2) is 11.1 Å². The normalized spacial score (nSPS) is 12.1. The summed E-state index contributed by atoms with van der Waals surface area (Å²) < 4.78 is 1.95. The molecule has 1 aromatic heterocycles. The maximum Gasteiger partial charge on any atom is 4.00 e. The van der Waals surface area contributed by atoms with Crippen LogP contribution in [0, 0.1) is 6.08 Å². The maximum atomic E-state index is 4.59. The van der Waals surface area contributed by atoms with Gasteiger partial charge in [-0.1, -0.05) is 31.2 Å². The van der Waals surface area contributed by atoms with Crippen LogP contribution in [0.3, 0.4) is 0 Å². The summed E-state index contributed by atoms with van der Waals surface area (Å²) in [6, 6.07) is 20.9. The van der Waals surface area contributed by atoms with Crippen LogP contribution in [0.1, 0.15) is 20.3 Å². The Kier molecular flexibility index (Phi) is 9.49. The molecule has 0 unspecified atom stereocenters. The molecule has 0 aliphatic heterocycles. The van der Waals surface area contributed by atoms with Crippen molar-refractivity contribution in [3.8, 4) is 5.69 Å². The number of benzene rings is 2. The number of fused-ring (bicyclic) bond motifs is 2. The Morgan fingerprint density at radius 3 is 2.21 bits per heavy atom. The molecule has 1 aliphatic rings. The Morgan fingerprint density at radius 2 is 1.64 bits per heavy atom. The van der Waals surface area contributed by atoms with Gasteiger partial charge in [-0.05, 0) is 11.8 Å². The van der Waals surface area contributed by atoms with E-state index in [9.17, 15) is 0 Å². The van der Waals surface area contributed by atoms with Crippen molar-refractivity contribution in [1.29, 1.82) is 0 Å². The molecule has 0 bridgehead atoms. The minimum atomic E-state index is 0. The number of hydrogen-bond acceptors (Lipinski definition) is 1. The molecule has 0 spiro atoms. The van der Waals surface area contributed by atoms with Crippen LogP contribution in [-0.2, 0) is 25.8 Å². The van der Waals surface area contributed by atoms with Crippen LogP contribution in [0.2, 0.25) is 0 Å². The SMILES string of the molecule is CC1=[C-]CC=C1C.[Cl-].[Cl-].[Hf+4].c1ccc2[cH-]c(-n3cc4ccccc4n3)cc2c1. The van der Waals surface area contributed by atoms with Crippen LogP contribution in [0.25, 0.3) is 27.4 Å². The van der Waals surface area contributed by atoms with E-state index in [1.807, 2.05) is 22.9 Å². The Bertz CT molecular complexity index is 952. The van der Waals surface area contributed by atoms with Gasteiger partial charge in [0, 0.05) is 11.6 Å². The van der Waals surface area contributed by atoms with Crippen LogP contribution in [0.5, 0.6) is 0 Å². The largest absolute Gasteiger partial charge is 4.00 e. The van der Waals surface area contributed by atoms with Gasteiger partial charge in [0.25, 0.3) is 0 Å². The van der Waals surface area contributed by atoms with Crippen LogP contribution < -0.4 is 24.8 Å². The fourth-order valence-corrected chi connectivity index (χ4v) is 3.01.